The standard InChI is InChI=1S/C19H20N2O3/c1-3-24-16-10-8-15(9-11-16)20-18(22)19(23)21-13(2)12-14-6-4-5-7-17(14)21/h4-11,13H,3,12H2,1-2H3,(H,20,22). The highest BCUT2D eigenvalue weighted by atomic mass is 16.5. The summed E-state index contributed by atoms with van der Waals surface area (Å²) in [5, 5.41) is 2.65. The first-order valence-corrected chi connectivity index (χ1v) is 8.05. The SMILES string of the molecule is CCOc1ccc(NC(=O)C(=O)N2c3ccccc3CC2C)cc1. The highest BCUT2D eigenvalue weighted by Crippen LogP contribution is 2.31. The van der Waals surface area contributed by atoms with Crippen LogP contribution in [0, 0.1) is 0 Å². The van der Waals surface area contributed by atoms with E-state index in [0.717, 1.165) is 23.4 Å². The molecule has 0 fully saturated rings. The third-order valence-electron chi connectivity index (χ3n) is 4.04. The maximum Gasteiger partial charge on any atom is 0.316 e. The number of benzene rings is 2. The van der Waals surface area contributed by atoms with E-state index in [4.69, 9.17) is 4.74 Å². The summed E-state index contributed by atoms with van der Waals surface area (Å²) >= 11 is 0. The van der Waals surface area contributed by atoms with Gasteiger partial charge in [0.2, 0.25) is 0 Å². The monoisotopic (exact) mass is 324 g/mol. The third kappa shape index (κ3) is 3.11. The van der Waals surface area contributed by atoms with Crippen LogP contribution in [0.4, 0.5) is 11.4 Å². The Morgan fingerprint density at radius 1 is 1.17 bits per heavy atom. The molecule has 1 atom stereocenters. The number of ether oxygens (including phenoxy) is 1. The van der Waals surface area contributed by atoms with Crippen molar-refractivity contribution in [3.8, 4) is 5.75 Å². The lowest BCUT2D eigenvalue weighted by atomic mass is 10.1. The molecule has 24 heavy (non-hydrogen) atoms. The van der Waals surface area contributed by atoms with Crippen molar-refractivity contribution in [1.29, 1.82) is 0 Å². The third-order valence-corrected chi connectivity index (χ3v) is 4.04. The number of rotatable bonds is 3. The first kappa shape index (κ1) is 16.1. The fraction of sp³-hybridized carbons (Fsp3) is 0.263. The van der Waals surface area contributed by atoms with Crippen LogP contribution in [-0.2, 0) is 16.0 Å². The van der Waals surface area contributed by atoms with E-state index in [1.165, 1.54) is 0 Å². The number of fused-ring (bicyclic) bond motifs is 1. The Balaban J connectivity index is 1.72. The molecular formula is C19H20N2O3. The number of hydrogen-bond acceptors (Lipinski definition) is 3. The second kappa shape index (κ2) is 6.74. The fourth-order valence-electron chi connectivity index (χ4n) is 2.97. The van der Waals surface area contributed by atoms with Gasteiger partial charge in [0, 0.05) is 17.4 Å². The molecule has 1 heterocycles. The molecule has 0 radical (unpaired) electrons. The van der Waals surface area contributed by atoms with Crippen molar-refractivity contribution in [3.63, 3.8) is 0 Å². The van der Waals surface area contributed by atoms with E-state index in [9.17, 15) is 9.59 Å². The predicted molar refractivity (Wildman–Crippen MR) is 93.3 cm³/mol. The Morgan fingerprint density at radius 3 is 2.58 bits per heavy atom. The summed E-state index contributed by atoms with van der Waals surface area (Å²) in [6.45, 7) is 4.43. The zero-order valence-corrected chi connectivity index (χ0v) is 13.8. The van der Waals surface area contributed by atoms with Gasteiger partial charge in [-0.1, -0.05) is 18.2 Å². The molecule has 0 saturated carbocycles. The Bertz CT molecular complexity index is 755. The molecule has 0 aromatic heterocycles. The van der Waals surface area contributed by atoms with E-state index in [1.807, 2.05) is 38.1 Å². The van der Waals surface area contributed by atoms with Crippen LogP contribution in [0.2, 0.25) is 0 Å². The molecule has 0 saturated heterocycles. The number of nitrogens with one attached hydrogen (secondary N) is 1. The summed E-state index contributed by atoms with van der Waals surface area (Å²) in [5.74, 6) is -0.451. The number of carbonyl (C=O) groups is 2. The molecule has 2 aromatic carbocycles. The molecule has 1 aliphatic rings. The number of amides is 2. The molecular weight excluding hydrogens is 304 g/mol. The van der Waals surface area contributed by atoms with Crippen molar-refractivity contribution < 1.29 is 14.3 Å². The second-order valence-electron chi connectivity index (χ2n) is 5.77. The molecule has 2 amide bonds. The summed E-state index contributed by atoms with van der Waals surface area (Å²) in [6, 6.07) is 14.6. The average Bonchev–Trinajstić information content (AvgIpc) is 2.92. The minimum Gasteiger partial charge on any atom is -0.494 e. The van der Waals surface area contributed by atoms with Crippen LogP contribution in [-0.4, -0.2) is 24.5 Å². The fourth-order valence-corrected chi connectivity index (χ4v) is 2.97. The summed E-state index contributed by atoms with van der Waals surface area (Å²) in [5.41, 5.74) is 2.47. The van der Waals surface area contributed by atoms with Gasteiger partial charge in [-0.2, -0.15) is 0 Å². The van der Waals surface area contributed by atoms with Gasteiger partial charge < -0.3 is 15.0 Å². The Labute approximate surface area is 141 Å². The topological polar surface area (TPSA) is 58.6 Å². The minimum absolute atomic E-state index is 0.0269. The largest absolute Gasteiger partial charge is 0.494 e. The Hall–Kier alpha value is -2.82. The van der Waals surface area contributed by atoms with Gasteiger partial charge in [0.15, 0.2) is 0 Å². The summed E-state index contributed by atoms with van der Waals surface area (Å²) in [6.07, 6.45) is 0.762. The first-order valence-electron chi connectivity index (χ1n) is 8.05. The van der Waals surface area contributed by atoms with Gasteiger partial charge in [-0.3, -0.25) is 9.59 Å². The van der Waals surface area contributed by atoms with Gasteiger partial charge in [-0.05, 0) is 56.2 Å². The van der Waals surface area contributed by atoms with E-state index < -0.39 is 11.8 Å². The maximum atomic E-state index is 12.6. The van der Waals surface area contributed by atoms with Crippen LogP contribution < -0.4 is 15.0 Å². The minimum atomic E-state index is -0.636. The highest BCUT2D eigenvalue weighted by Gasteiger charge is 2.34. The molecule has 0 spiro atoms. The molecule has 5 heteroatoms. The first-order chi connectivity index (χ1) is 11.6. The molecule has 3 rings (SSSR count). The molecule has 2 aromatic rings. The zero-order chi connectivity index (χ0) is 17.1. The number of hydrogen-bond donors (Lipinski definition) is 1. The van der Waals surface area contributed by atoms with E-state index in [2.05, 4.69) is 5.32 Å². The lowest BCUT2D eigenvalue weighted by molar-refractivity contribution is -0.134. The number of nitrogens with zero attached hydrogens (tertiary/aromatic N) is 1. The normalized spacial score (nSPS) is 15.8. The number of anilines is 2. The molecule has 0 aliphatic carbocycles. The van der Waals surface area contributed by atoms with Crippen molar-refractivity contribution in [2.75, 3.05) is 16.8 Å². The second-order valence-corrected chi connectivity index (χ2v) is 5.77. The maximum absolute atomic E-state index is 12.6. The lowest BCUT2D eigenvalue weighted by Crippen LogP contribution is -2.43. The number of para-hydroxylation sites is 1. The Morgan fingerprint density at radius 2 is 1.88 bits per heavy atom. The van der Waals surface area contributed by atoms with Crippen LogP contribution in [0.25, 0.3) is 0 Å². The van der Waals surface area contributed by atoms with Gasteiger partial charge in [-0.15, -0.1) is 0 Å². The molecule has 1 N–H and O–H groups in total. The number of carbonyl (C=O) groups excluding carboxylic acids is 2. The van der Waals surface area contributed by atoms with Gasteiger partial charge in [0.1, 0.15) is 5.75 Å². The van der Waals surface area contributed by atoms with Gasteiger partial charge in [-0.25, -0.2) is 0 Å². The van der Waals surface area contributed by atoms with Crippen molar-refractivity contribution in [3.05, 3.63) is 54.1 Å². The zero-order valence-electron chi connectivity index (χ0n) is 13.8. The van der Waals surface area contributed by atoms with Crippen LogP contribution in [0.3, 0.4) is 0 Å². The van der Waals surface area contributed by atoms with Gasteiger partial charge in [0.25, 0.3) is 0 Å². The van der Waals surface area contributed by atoms with Crippen LogP contribution in [0.1, 0.15) is 19.4 Å². The smallest absolute Gasteiger partial charge is 0.316 e. The van der Waals surface area contributed by atoms with Gasteiger partial charge in [0.05, 0.1) is 6.61 Å². The molecule has 1 unspecified atom stereocenters. The van der Waals surface area contributed by atoms with E-state index >= 15 is 0 Å². The van der Waals surface area contributed by atoms with Crippen molar-refractivity contribution >= 4 is 23.2 Å². The highest BCUT2D eigenvalue weighted by molar-refractivity contribution is 6.44. The van der Waals surface area contributed by atoms with Gasteiger partial charge >= 0.3 is 11.8 Å². The summed E-state index contributed by atoms with van der Waals surface area (Å²) in [7, 11) is 0. The molecule has 5 nitrogen and oxygen atoms in total. The van der Waals surface area contributed by atoms with Crippen LogP contribution in [0.15, 0.2) is 48.5 Å². The predicted octanol–water partition coefficient (Wildman–Crippen LogP) is 3.00. The molecule has 0 bridgehead atoms. The van der Waals surface area contributed by atoms with E-state index in [1.54, 1.807) is 29.2 Å². The quantitative estimate of drug-likeness (QED) is 0.883. The van der Waals surface area contributed by atoms with Crippen molar-refractivity contribution in [2.24, 2.45) is 0 Å². The van der Waals surface area contributed by atoms with E-state index in [-0.39, 0.29) is 6.04 Å². The summed E-state index contributed by atoms with van der Waals surface area (Å²) < 4.78 is 5.36. The summed E-state index contributed by atoms with van der Waals surface area (Å²) in [4.78, 5) is 26.5. The van der Waals surface area contributed by atoms with Crippen LogP contribution >= 0.6 is 0 Å². The van der Waals surface area contributed by atoms with Crippen molar-refractivity contribution in [1.82, 2.24) is 0 Å². The lowest BCUT2D eigenvalue weighted by Gasteiger charge is -2.22. The molecule has 124 valence electrons. The van der Waals surface area contributed by atoms with Crippen LogP contribution in [0.5, 0.6) is 5.75 Å². The van der Waals surface area contributed by atoms with Crippen molar-refractivity contribution in [2.45, 2.75) is 26.3 Å². The average molecular weight is 324 g/mol. The molecule has 1 aliphatic heterocycles. The Kier molecular flexibility index (Phi) is 4.51. The van der Waals surface area contributed by atoms with E-state index in [0.29, 0.717) is 12.3 Å².